The van der Waals surface area contributed by atoms with Crippen LogP contribution in [-0.4, -0.2) is 27.2 Å². The number of nitrogens with one attached hydrogen (secondary N) is 1. The van der Waals surface area contributed by atoms with Gasteiger partial charge < -0.3 is 5.32 Å². The number of halogens is 1. The van der Waals surface area contributed by atoms with Gasteiger partial charge in [-0.25, -0.2) is 0 Å². The van der Waals surface area contributed by atoms with E-state index in [-0.39, 0.29) is 5.91 Å². The van der Waals surface area contributed by atoms with Crippen molar-refractivity contribution >= 4 is 28.4 Å². The molecular formula is C23H21ClN4O. The van der Waals surface area contributed by atoms with E-state index in [4.69, 9.17) is 11.6 Å². The third kappa shape index (κ3) is 4.30. The van der Waals surface area contributed by atoms with E-state index in [1.807, 2.05) is 72.4 Å². The molecule has 0 saturated heterocycles. The summed E-state index contributed by atoms with van der Waals surface area (Å²) < 4.78 is 1.87. The second kappa shape index (κ2) is 8.45. The lowest BCUT2D eigenvalue weighted by Gasteiger charge is -2.06. The first-order valence-corrected chi connectivity index (χ1v) is 9.87. The number of aromatic nitrogens is 3. The van der Waals surface area contributed by atoms with Crippen LogP contribution in [0.25, 0.3) is 10.9 Å². The SMILES string of the molecule is Cc1cc(Cn2nc(C(=O)NCCc3cccnc3)c3ccccc32)ccc1Cl. The summed E-state index contributed by atoms with van der Waals surface area (Å²) in [6.07, 6.45) is 4.27. The molecule has 1 amide bonds. The number of benzene rings is 2. The topological polar surface area (TPSA) is 59.8 Å². The van der Waals surface area contributed by atoms with E-state index in [1.54, 1.807) is 6.20 Å². The highest BCUT2D eigenvalue weighted by atomic mass is 35.5. The largest absolute Gasteiger partial charge is 0.350 e. The van der Waals surface area contributed by atoms with Crippen LogP contribution in [0.5, 0.6) is 0 Å². The summed E-state index contributed by atoms with van der Waals surface area (Å²) in [5.41, 5.74) is 4.56. The Morgan fingerprint density at radius 1 is 1.10 bits per heavy atom. The number of amides is 1. The summed E-state index contributed by atoms with van der Waals surface area (Å²) in [4.78, 5) is 16.9. The highest BCUT2D eigenvalue weighted by Crippen LogP contribution is 2.21. The van der Waals surface area contributed by atoms with Crippen molar-refractivity contribution in [2.75, 3.05) is 6.54 Å². The molecule has 0 fully saturated rings. The molecule has 6 heteroatoms. The standard InChI is InChI=1S/C23H21ClN4O/c1-16-13-18(8-9-20(16)24)15-28-21-7-3-2-6-19(21)22(27-28)23(29)26-12-10-17-5-4-11-25-14-17/h2-9,11,13-14H,10,12,15H2,1H3,(H,26,29). The lowest BCUT2D eigenvalue weighted by molar-refractivity contribution is 0.0950. The number of aryl methyl sites for hydroxylation is 1. The lowest BCUT2D eigenvalue weighted by atomic mass is 10.1. The first-order chi connectivity index (χ1) is 14.1. The van der Waals surface area contributed by atoms with Crippen LogP contribution >= 0.6 is 11.6 Å². The number of para-hydroxylation sites is 1. The van der Waals surface area contributed by atoms with Crippen molar-refractivity contribution in [1.82, 2.24) is 20.1 Å². The molecule has 2 aromatic carbocycles. The van der Waals surface area contributed by atoms with Crippen LogP contribution in [0.1, 0.15) is 27.2 Å². The van der Waals surface area contributed by atoms with Gasteiger partial charge in [-0.3, -0.25) is 14.5 Å². The van der Waals surface area contributed by atoms with Gasteiger partial charge in [0.25, 0.3) is 5.91 Å². The first-order valence-electron chi connectivity index (χ1n) is 9.49. The maximum Gasteiger partial charge on any atom is 0.272 e. The highest BCUT2D eigenvalue weighted by molar-refractivity contribution is 6.31. The molecule has 0 bridgehead atoms. The average molecular weight is 405 g/mol. The van der Waals surface area contributed by atoms with Gasteiger partial charge in [0, 0.05) is 29.3 Å². The van der Waals surface area contributed by atoms with E-state index in [0.717, 1.165) is 39.0 Å². The van der Waals surface area contributed by atoms with Crippen LogP contribution in [0.2, 0.25) is 5.02 Å². The van der Waals surface area contributed by atoms with Crippen molar-refractivity contribution < 1.29 is 4.79 Å². The van der Waals surface area contributed by atoms with Crippen LogP contribution in [-0.2, 0) is 13.0 Å². The Labute approximate surface area is 174 Å². The van der Waals surface area contributed by atoms with Crippen LogP contribution in [0.3, 0.4) is 0 Å². The van der Waals surface area contributed by atoms with Gasteiger partial charge in [0.1, 0.15) is 0 Å². The van der Waals surface area contributed by atoms with Crippen LogP contribution < -0.4 is 5.32 Å². The molecule has 0 radical (unpaired) electrons. The Morgan fingerprint density at radius 2 is 1.97 bits per heavy atom. The molecule has 0 spiro atoms. The Hall–Kier alpha value is -3.18. The summed E-state index contributed by atoms with van der Waals surface area (Å²) in [5, 5.41) is 9.18. The molecule has 0 aliphatic rings. The molecule has 0 aliphatic heterocycles. The van der Waals surface area contributed by atoms with E-state index in [0.29, 0.717) is 18.8 Å². The molecule has 5 nitrogen and oxygen atoms in total. The van der Waals surface area contributed by atoms with E-state index in [9.17, 15) is 4.79 Å². The van der Waals surface area contributed by atoms with Gasteiger partial charge in [-0.05, 0) is 48.2 Å². The van der Waals surface area contributed by atoms with Crippen molar-refractivity contribution in [2.45, 2.75) is 19.9 Å². The number of hydrogen-bond acceptors (Lipinski definition) is 3. The van der Waals surface area contributed by atoms with Gasteiger partial charge in [-0.1, -0.05) is 48.0 Å². The molecule has 4 rings (SSSR count). The quantitative estimate of drug-likeness (QED) is 0.517. The summed E-state index contributed by atoms with van der Waals surface area (Å²) >= 11 is 6.14. The molecule has 146 valence electrons. The first kappa shape index (κ1) is 19.2. The Bertz CT molecular complexity index is 1150. The number of fused-ring (bicyclic) bond motifs is 1. The maximum absolute atomic E-state index is 12.8. The fraction of sp³-hybridized carbons (Fsp3) is 0.174. The average Bonchev–Trinajstić information content (AvgIpc) is 3.10. The van der Waals surface area contributed by atoms with Crippen molar-refractivity contribution in [3.05, 3.63) is 94.4 Å². The van der Waals surface area contributed by atoms with E-state index < -0.39 is 0 Å². The van der Waals surface area contributed by atoms with Gasteiger partial charge in [0.15, 0.2) is 5.69 Å². The maximum atomic E-state index is 12.8. The Balaban J connectivity index is 1.55. The normalized spacial score (nSPS) is 11.0. The van der Waals surface area contributed by atoms with Crippen LogP contribution in [0.15, 0.2) is 67.0 Å². The zero-order valence-electron chi connectivity index (χ0n) is 16.1. The van der Waals surface area contributed by atoms with E-state index in [2.05, 4.69) is 15.4 Å². The van der Waals surface area contributed by atoms with Crippen molar-refractivity contribution in [1.29, 1.82) is 0 Å². The molecule has 1 N–H and O–H groups in total. The molecule has 0 atom stereocenters. The Kier molecular flexibility index (Phi) is 5.58. The predicted octanol–water partition coefficient (Wildman–Crippen LogP) is 4.41. The van der Waals surface area contributed by atoms with Gasteiger partial charge in [0.05, 0.1) is 12.1 Å². The third-order valence-electron chi connectivity index (χ3n) is 4.85. The molecule has 2 aromatic heterocycles. The summed E-state index contributed by atoms with van der Waals surface area (Å²) in [5.74, 6) is -0.170. The summed E-state index contributed by atoms with van der Waals surface area (Å²) in [7, 11) is 0. The minimum absolute atomic E-state index is 0.170. The fourth-order valence-electron chi connectivity index (χ4n) is 3.34. The zero-order valence-corrected chi connectivity index (χ0v) is 16.9. The smallest absolute Gasteiger partial charge is 0.272 e. The van der Waals surface area contributed by atoms with E-state index >= 15 is 0 Å². The molecule has 0 aliphatic carbocycles. The Morgan fingerprint density at radius 3 is 2.76 bits per heavy atom. The minimum Gasteiger partial charge on any atom is -0.350 e. The molecule has 0 unspecified atom stereocenters. The van der Waals surface area contributed by atoms with Crippen molar-refractivity contribution in [2.24, 2.45) is 0 Å². The van der Waals surface area contributed by atoms with Gasteiger partial charge in [-0.2, -0.15) is 5.10 Å². The molecule has 4 aromatic rings. The van der Waals surface area contributed by atoms with Crippen molar-refractivity contribution in [3.8, 4) is 0 Å². The number of pyridine rings is 1. The van der Waals surface area contributed by atoms with E-state index in [1.165, 1.54) is 0 Å². The van der Waals surface area contributed by atoms with Crippen molar-refractivity contribution in [3.63, 3.8) is 0 Å². The zero-order chi connectivity index (χ0) is 20.2. The van der Waals surface area contributed by atoms with Crippen LogP contribution in [0, 0.1) is 6.92 Å². The predicted molar refractivity (Wildman–Crippen MR) is 115 cm³/mol. The molecule has 29 heavy (non-hydrogen) atoms. The number of carbonyl (C=O) groups is 1. The third-order valence-corrected chi connectivity index (χ3v) is 5.27. The number of hydrogen-bond donors (Lipinski definition) is 1. The van der Waals surface area contributed by atoms with Gasteiger partial charge in [0.2, 0.25) is 0 Å². The monoisotopic (exact) mass is 404 g/mol. The molecule has 2 heterocycles. The lowest BCUT2D eigenvalue weighted by Crippen LogP contribution is -2.26. The molecule has 0 saturated carbocycles. The minimum atomic E-state index is -0.170. The van der Waals surface area contributed by atoms with Gasteiger partial charge >= 0.3 is 0 Å². The van der Waals surface area contributed by atoms with Crippen LogP contribution in [0.4, 0.5) is 0 Å². The number of nitrogens with zero attached hydrogens (tertiary/aromatic N) is 3. The van der Waals surface area contributed by atoms with Gasteiger partial charge in [-0.15, -0.1) is 0 Å². The fourth-order valence-corrected chi connectivity index (χ4v) is 3.46. The second-order valence-electron chi connectivity index (χ2n) is 6.97. The summed E-state index contributed by atoms with van der Waals surface area (Å²) in [6.45, 7) is 3.08. The molecular weight excluding hydrogens is 384 g/mol. The highest BCUT2D eigenvalue weighted by Gasteiger charge is 2.17. The number of carbonyl (C=O) groups excluding carboxylic acids is 1. The summed E-state index contributed by atoms with van der Waals surface area (Å²) in [6, 6.07) is 17.6. The second-order valence-corrected chi connectivity index (χ2v) is 7.38. The number of rotatable bonds is 6.